The summed E-state index contributed by atoms with van der Waals surface area (Å²) in [7, 11) is -5.33. The van der Waals surface area contributed by atoms with Gasteiger partial charge in [-0.25, -0.2) is 4.57 Å². The van der Waals surface area contributed by atoms with E-state index in [0.29, 0.717) is 22.9 Å². The highest BCUT2D eigenvalue weighted by Gasteiger charge is 2.40. The second-order valence-electron chi connectivity index (χ2n) is 25.8. The summed E-state index contributed by atoms with van der Waals surface area (Å²) in [6, 6.07) is -10.8. The van der Waals surface area contributed by atoms with Crippen LogP contribution in [-0.4, -0.2) is 224 Å². The number of phosphoric acid groups is 1. The van der Waals surface area contributed by atoms with Crippen molar-refractivity contribution in [3.63, 3.8) is 0 Å². The molecular formula is C63H105N20O21P. The SMILES string of the molecule is CC[C@H](C)[C@H](NC(=O)[C@@H](NC(=O)[C@H](CCCCN)NC(=O)CNC(=O)[C@H](CC(N)=O)NC(=O)[C@@H](NC(=O)[C@@H](NC(=O)[C@@H](NC(=O)[C@H](Cc1c[nH]c2ccccc12)NC(=O)[C@H](CCCN=C(N)N)NC(C)=O)C(C)C)[C@@H](C)O)C(C)C)[C@@H](C)O)C(=O)N[C@@H](COP(=O)(O)O)C(=O)N[C@@H](CCC(N)=O)C(N)=O. The van der Waals surface area contributed by atoms with Crippen LogP contribution in [-0.2, 0) is 87.4 Å². The molecule has 29 N–H and O–H groups in total. The molecule has 1 heterocycles. The number of aliphatic hydroxyl groups excluding tert-OH is 2. The summed E-state index contributed by atoms with van der Waals surface area (Å²) in [5.74, 6) is -18.2. The van der Waals surface area contributed by atoms with Gasteiger partial charge in [-0.05, 0) is 88.3 Å². The van der Waals surface area contributed by atoms with Gasteiger partial charge >= 0.3 is 7.82 Å². The highest BCUT2D eigenvalue weighted by atomic mass is 31.2. The molecule has 588 valence electrons. The number of aromatic nitrogens is 1. The maximum absolute atomic E-state index is 14.4. The lowest BCUT2D eigenvalue weighted by molar-refractivity contribution is -0.138. The van der Waals surface area contributed by atoms with Crippen molar-refractivity contribution in [2.75, 3.05) is 26.2 Å². The number of carbonyl (C=O) groups is 15. The topological polar surface area (TPSA) is 692 Å². The van der Waals surface area contributed by atoms with Gasteiger partial charge in [0.2, 0.25) is 88.6 Å². The van der Waals surface area contributed by atoms with Gasteiger partial charge in [-0.2, -0.15) is 0 Å². The van der Waals surface area contributed by atoms with Gasteiger partial charge in [0.15, 0.2) is 5.96 Å². The molecule has 0 bridgehead atoms. The van der Waals surface area contributed by atoms with Crippen molar-refractivity contribution in [2.24, 2.45) is 57.1 Å². The average molecular weight is 1510 g/mol. The summed E-state index contributed by atoms with van der Waals surface area (Å²) in [6.45, 7) is 10.6. The number of nitrogens with two attached hydrogens (primary N) is 6. The minimum atomic E-state index is -5.33. The first-order valence-electron chi connectivity index (χ1n) is 33.8. The summed E-state index contributed by atoms with van der Waals surface area (Å²) < 4.78 is 16.1. The monoisotopic (exact) mass is 1510 g/mol. The molecule has 2 aromatic rings. The van der Waals surface area contributed by atoms with Crippen LogP contribution in [0, 0.1) is 17.8 Å². The Bertz CT molecular complexity index is 3430. The van der Waals surface area contributed by atoms with Crippen LogP contribution in [0.2, 0.25) is 0 Å². The molecule has 1 aromatic heterocycles. The molecule has 0 saturated heterocycles. The molecule has 41 nitrogen and oxygen atoms in total. The standard InChI is InChI=1S/C63H105N20O21P/c1-10-31(6)49(60(98)78-43(28-104-105(101,102)103)57(95)75-38(52(67)90)20-21-44(65)87)81-62(100)50(32(7)84)82-55(93)40(18-13-14-22-64)74-46(89)27-72-53(91)42(25-45(66)88)77-58(96)47(29(2)3)80-61(99)51(33(8)85)83-59(97)48(30(4)5)79-56(94)41(24-35-26-71-37-17-12-11-16-36(35)37)76-54(92)39(73-34(9)86)19-15-23-70-63(68)69/h11-12,16-17,26,29-33,38-43,47-51,71,84-85H,10,13-15,18-25,27-28,64H2,1-9H3,(H2,65,87)(H2,66,88)(H2,67,90)(H,72,91)(H,73,86)(H,74,89)(H,75,95)(H,76,92)(H,77,96)(H,78,98)(H,79,94)(H,80,99)(H,81,100)(H,82,93)(H,83,97)(H4,68,69,70)(H2,101,102,103)/t31-,32+,33+,38-,39-,40-,41-,42-,43-,47-,48-,49-,50-,51-/m0/s1. The van der Waals surface area contributed by atoms with Gasteiger partial charge in [0.1, 0.15) is 66.5 Å². The largest absolute Gasteiger partial charge is 0.469 e. The van der Waals surface area contributed by atoms with Crippen molar-refractivity contribution in [1.29, 1.82) is 0 Å². The number of unbranched alkanes of at least 4 members (excludes halogenated alkanes) is 1. The first-order valence-corrected chi connectivity index (χ1v) is 35.4. The van der Waals surface area contributed by atoms with E-state index in [-0.39, 0.29) is 57.6 Å². The number of phosphoric ester groups is 1. The Morgan fingerprint density at radius 3 is 1.52 bits per heavy atom. The summed E-state index contributed by atoms with van der Waals surface area (Å²) in [6.07, 6.45) is -2.94. The van der Waals surface area contributed by atoms with Crippen LogP contribution < -0.4 is 98.2 Å². The average Bonchev–Trinajstić information content (AvgIpc) is 1.73. The third-order valence-corrected chi connectivity index (χ3v) is 16.7. The van der Waals surface area contributed by atoms with Crippen molar-refractivity contribution >= 4 is 113 Å². The second-order valence-corrected chi connectivity index (χ2v) is 27.0. The number of guanidine groups is 1. The minimum Gasteiger partial charge on any atom is -0.391 e. The lowest BCUT2D eigenvalue weighted by Crippen LogP contribution is -2.63. The molecule has 15 amide bonds. The molecule has 42 heteroatoms. The Kier molecular flexibility index (Phi) is 38.8. The number of rotatable bonds is 48. The van der Waals surface area contributed by atoms with E-state index in [1.807, 2.05) is 0 Å². The van der Waals surface area contributed by atoms with E-state index < -0.39 is 225 Å². The maximum Gasteiger partial charge on any atom is 0.469 e. The van der Waals surface area contributed by atoms with E-state index in [4.69, 9.17) is 34.4 Å². The molecule has 0 spiro atoms. The van der Waals surface area contributed by atoms with Crippen molar-refractivity contribution in [1.82, 2.24) is 68.8 Å². The van der Waals surface area contributed by atoms with Crippen LogP contribution in [0.25, 0.3) is 10.9 Å². The van der Waals surface area contributed by atoms with Crippen LogP contribution >= 0.6 is 7.82 Å². The predicted molar refractivity (Wildman–Crippen MR) is 377 cm³/mol. The first kappa shape index (κ1) is 91.2. The van der Waals surface area contributed by atoms with Gasteiger partial charge in [-0.1, -0.05) is 66.2 Å². The first-order chi connectivity index (χ1) is 49.0. The van der Waals surface area contributed by atoms with Crippen molar-refractivity contribution in [3.05, 3.63) is 36.0 Å². The van der Waals surface area contributed by atoms with Crippen molar-refractivity contribution < 1.29 is 101 Å². The predicted octanol–water partition coefficient (Wildman–Crippen LogP) is -7.78. The Hall–Kier alpha value is -9.93. The molecule has 0 fully saturated rings. The zero-order valence-corrected chi connectivity index (χ0v) is 61.0. The number of hydrogen-bond acceptors (Lipinski definition) is 21. The fourth-order valence-electron chi connectivity index (χ4n) is 10.3. The van der Waals surface area contributed by atoms with Gasteiger partial charge in [0.05, 0.1) is 31.8 Å². The van der Waals surface area contributed by atoms with Gasteiger partial charge in [-0.15, -0.1) is 0 Å². The zero-order valence-electron chi connectivity index (χ0n) is 60.1. The Balaban J connectivity index is 2.36. The molecule has 0 unspecified atom stereocenters. The highest BCUT2D eigenvalue weighted by molar-refractivity contribution is 7.46. The number of amides is 15. The van der Waals surface area contributed by atoms with E-state index in [0.717, 1.165) is 13.8 Å². The Morgan fingerprint density at radius 1 is 0.533 bits per heavy atom. The van der Waals surface area contributed by atoms with Crippen LogP contribution in [0.3, 0.4) is 0 Å². The number of hydrogen-bond donors (Lipinski definition) is 23. The second kappa shape index (κ2) is 44.7. The molecule has 1 aromatic carbocycles. The summed E-state index contributed by atoms with van der Waals surface area (Å²) in [5.41, 5.74) is 33.8. The van der Waals surface area contributed by atoms with E-state index in [2.05, 4.69) is 78.3 Å². The van der Waals surface area contributed by atoms with Gasteiger partial charge in [0, 0.05) is 43.4 Å². The normalized spacial score (nSPS) is 15.4. The number of aliphatic hydroxyl groups is 2. The molecule has 105 heavy (non-hydrogen) atoms. The number of benzene rings is 1. The van der Waals surface area contributed by atoms with Gasteiger partial charge in [-0.3, -0.25) is 81.4 Å². The van der Waals surface area contributed by atoms with Crippen LogP contribution in [0.4, 0.5) is 0 Å². The summed E-state index contributed by atoms with van der Waals surface area (Å²) >= 11 is 0. The van der Waals surface area contributed by atoms with Crippen LogP contribution in [0.15, 0.2) is 35.5 Å². The van der Waals surface area contributed by atoms with E-state index in [1.54, 1.807) is 51.2 Å². The number of primary amides is 3. The zero-order chi connectivity index (χ0) is 79.7. The minimum absolute atomic E-state index is 0.0525. The number of nitrogens with zero attached hydrogens (tertiary/aromatic N) is 1. The molecule has 0 radical (unpaired) electrons. The molecule has 0 aliphatic rings. The fourth-order valence-corrected chi connectivity index (χ4v) is 10.6. The Labute approximate surface area is 605 Å². The number of H-pyrrole nitrogens is 1. The number of para-hydroxylation sites is 1. The van der Waals surface area contributed by atoms with Crippen LogP contribution in [0.1, 0.15) is 126 Å². The number of aliphatic imine (C=N–C) groups is 1. The maximum atomic E-state index is 14.4. The quantitative estimate of drug-likeness (QED) is 0.0127. The smallest absolute Gasteiger partial charge is 0.391 e. The summed E-state index contributed by atoms with van der Waals surface area (Å²) in [5, 5.41) is 51.2. The fraction of sp³-hybridized carbons (Fsp3) is 0.619. The number of fused-ring (bicyclic) bond motifs is 1. The molecule has 0 aliphatic carbocycles. The Morgan fingerprint density at radius 2 is 1.00 bits per heavy atom. The number of carbonyl (C=O) groups excluding carboxylic acids is 15. The molecule has 14 atom stereocenters. The van der Waals surface area contributed by atoms with E-state index in [1.165, 1.54) is 27.7 Å². The molecular weight excluding hydrogens is 1400 g/mol. The summed E-state index contributed by atoms with van der Waals surface area (Å²) in [4.78, 5) is 227. The van der Waals surface area contributed by atoms with E-state index >= 15 is 0 Å². The van der Waals surface area contributed by atoms with E-state index in [9.17, 15) is 96.5 Å². The lowest BCUT2D eigenvalue weighted by Gasteiger charge is -2.30. The van der Waals surface area contributed by atoms with Crippen molar-refractivity contribution in [3.8, 4) is 0 Å². The van der Waals surface area contributed by atoms with Crippen LogP contribution in [0.5, 0.6) is 0 Å². The number of aromatic amines is 1. The lowest BCUT2D eigenvalue weighted by atomic mass is 9.97. The molecule has 2 rings (SSSR count). The third-order valence-electron chi connectivity index (χ3n) is 16.2. The highest BCUT2D eigenvalue weighted by Crippen LogP contribution is 2.35. The molecule has 0 aliphatic heterocycles. The van der Waals surface area contributed by atoms with Gasteiger partial charge < -0.3 is 123 Å². The number of nitrogens with one attached hydrogen (secondary N) is 13. The third kappa shape index (κ3) is 32.7. The van der Waals surface area contributed by atoms with Crippen molar-refractivity contribution in [2.45, 2.75) is 205 Å². The van der Waals surface area contributed by atoms with Gasteiger partial charge in [0.25, 0.3) is 0 Å². The molecule has 0 saturated carbocycles.